The summed E-state index contributed by atoms with van der Waals surface area (Å²) in [5.41, 5.74) is 3.64. The van der Waals surface area contributed by atoms with Gasteiger partial charge in [-0.05, 0) is 38.5 Å². The van der Waals surface area contributed by atoms with Crippen molar-refractivity contribution in [3.8, 4) is 0 Å². The molecule has 76 valence electrons. The van der Waals surface area contributed by atoms with E-state index >= 15 is 0 Å². The molecule has 1 nitrogen and oxygen atoms in total. The summed E-state index contributed by atoms with van der Waals surface area (Å²) in [4.78, 5) is 2.34. The largest absolute Gasteiger partial charge is 0.372 e. The Labute approximate surface area is 87.1 Å². The maximum atomic E-state index is 3.93. The van der Waals surface area contributed by atoms with E-state index in [1.54, 1.807) is 0 Å². The minimum absolute atomic E-state index is 1.06. The molecule has 0 bridgehead atoms. The summed E-state index contributed by atoms with van der Waals surface area (Å²) < 4.78 is 0. The Morgan fingerprint density at radius 2 is 1.64 bits per heavy atom. The van der Waals surface area contributed by atoms with Crippen LogP contribution in [0.2, 0.25) is 0 Å². The topological polar surface area (TPSA) is 3.24 Å². The van der Waals surface area contributed by atoms with E-state index in [2.05, 4.69) is 49.6 Å². The SMILES string of the molecule is C=C(C)c1ccc(N(CC)CC)cc1. The highest BCUT2D eigenvalue weighted by Gasteiger charge is 2.00. The monoisotopic (exact) mass is 189 g/mol. The summed E-state index contributed by atoms with van der Waals surface area (Å²) in [5.74, 6) is 0. The van der Waals surface area contributed by atoms with Gasteiger partial charge < -0.3 is 4.90 Å². The molecule has 0 heterocycles. The number of anilines is 1. The molecule has 14 heavy (non-hydrogen) atoms. The second-order valence-electron chi connectivity index (χ2n) is 3.50. The summed E-state index contributed by atoms with van der Waals surface area (Å²) >= 11 is 0. The van der Waals surface area contributed by atoms with Crippen LogP contribution in [0.1, 0.15) is 26.3 Å². The first-order valence-corrected chi connectivity index (χ1v) is 5.20. The highest BCUT2D eigenvalue weighted by Crippen LogP contribution is 2.18. The molecular weight excluding hydrogens is 170 g/mol. The molecule has 0 aliphatic carbocycles. The first kappa shape index (κ1) is 10.8. The van der Waals surface area contributed by atoms with Crippen molar-refractivity contribution in [2.75, 3.05) is 18.0 Å². The smallest absolute Gasteiger partial charge is 0.0366 e. The van der Waals surface area contributed by atoms with Gasteiger partial charge >= 0.3 is 0 Å². The first-order chi connectivity index (χ1) is 6.69. The number of allylic oxidation sites excluding steroid dienone is 1. The molecule has 1 aromatic carbocycles. The number of hydrogen-bond donors (Lipinski definition) is 0. The van der Waals surface area contributed by atoms with E-state index in [0.29, 0.717) is 0 Å². The Morgan fingerprint density at radius 1 is 1.14 bits per heavy atom. The van der Waals surface area contributed by atoms with Gasteiger partial charge in [-0.1, -0.05) is 24.3 Å². The third-order valence-electron chi connectivity index (χ3n) is 2.49. The van der Waals surface area contributed by atoms with Crippen LogP contribution in [0, 0.1) is 0 Å². The molecule has 0 N–H and O–H groups in total. The lowest BCUT2D eigenvalue weighted by atomic mass is 10.1. The second-order valence-corrected chi connectivity index (χ2v) is 3.50. The van der Waals surface area contributed by atoms with Crippen molar-refractivity contribution < 1.29 is 0 Å². The number of benzene rings is 1. The highest BCUT2D eigenvalue weighted by molar-refractivity contribution is 5.63. The van der Waals surface area contributed by atoms with Gasteiger partial charge in [0.1, 0.15) is 0 Å². The molecule has 0 aromatic heterocycles. The highest BCUT2D eigenvalue weighted by atomic mass is 15.1. The zero-order valence-electron chi connectivity index (χ0n) is 9.38. The Kier molecular flexibility index (Phi) is 3.75. The van der Waals surface area contributed by atoms with Crippen LogP contribution in [0.5, 0.6) is 0 Å². The zero-order valence-corrected chi connectivity index (χ0v) is 9.38. The van der Waals surface area contributed by atoms with E-state index in [4.69, 9.17) is 0 Å². The van der Waals surface area contributed by atoms with Crippen LogP contribution < -0.4 is 4.90 Å². The predicted octanol–water partition coefficient (Wildman–Crippen LogP) is 3.57. The Hall–Kier alpha value is -1.24. The van der Waals surface area contributed by atoms with Crippen molar-refractivity contribution in [2.24, 2.45) is 0 Å². The standard InChI is InChI=1S/C13H19N/c1-5-14(6-2)13-9-7-12(8-10-13)11(3)4/h7-10H,3,5-6H2,1-2,4H3. The third-order valence-corrected chi connectivity index (χ3v) is 2.49. The van der Waals surface area contributed by atoms with E-state index in [-0.39, 0.29) is 0 Å². The molecule has 0 aliphatic rings. The van der Waals surface area contributed by atoms with Gasteiger partial charge in [0.25, 0.3) is 0 Å². The molecule has 0 saturated heterocycles. The summed E-state index contributed by atoms with van der Waals surface area (Å²) in [6.45, 7) is 12.4. The average molecular weight is 189 g/mol. The summed E-state index contributed by atoms with van der Waals surface area (Å²) in [7, 11) is 0. The van der Waals surface area contributed by atoms with Gasteiger partial charge in [-0.2, -0.15) is 0 Å². The Bertz CT molecular complexity index is 294. The third kappa shape index (κ3) is 2.38. The zero-order chi connectivity index (χ0) is 10.6. The molecule has 1 rings (SSSR count). The fourth-order valence-corrected chi connectivity index (χ4v) is 1.55. The molecule has 0 atom stereocenters. The van der Waals surface area contributed by atoms with E-state index in [9.17, 15) is 0 Å². The van der Waals surface area contributed by atoms with E-state index < -0.39 is 0 Å². The van der Waals surface area contributed by atoms with Crippen LogP contribution >= 0.6 is 0 Å². The molecular formula is C13H19N. The molecule has 1 heteroatoms. The van der Waals surface area contributed by atoms with Crippen LogP contribution in [-0.2, 0) is 0 Å². The van der Waals surface area contributed by atoms with E-state index in [1.165, 1.54) is 11.3 Å². The van der Waals surface area contributed by atoms with Gasteiger partial charge in [-0.3, -0.25) is 0 Å². The van der Waals surface area contributed by atoms with Crippen molar-refractivity contribution in [1.82, 2.24) is 0 Å². The average Bonchev–Trinajstić information content (AvgIpc) is 2.20. The minimum Gasteiger partial charge on any atom is -0.372 e. The lowest BCUT2D eigenvalue weighted by Gasteiger charge is -2.21. The first-order valence-electron chi connectivity index (χ1n) is 5.20. The van der Waals surface area contributed by atoms with E-state index in [0.717, 1.165) is 18.7 Å². The van der Waals surface area contributed by atoms with Crippen molar-refractivity contribution >= 4 is 11.3 Å². The van der Waals surface area contributed by atoms with Crippen molar-refractivity contribution in [2.45, 2.75) is 20.8 Å². The number of hydrogen-bond acceptors (Lipinski definition) is 1. The molecule has 0 unspecified atom stereocenters. The molecule has 0 spiro atoms. The lowest BCUT2D eigenvalue weighted by molar-refractivity contribution is 0.866. The van der Waals surface area contributed by atoms with Gasteiger partial charge in [0.05, 0.1) is 0 Å². The van der Waals surface area contributed by atoms with E-state index in [1.807, 2.05) is 6.92 Å². The molecule has 0 aliphatic heterocycles. The van der Waals surface area contributed by atoms with Crippen LogP contribution in [0.15, 0.2) is 30.8 Å². The van der Waals surface area contributed by atoms with Gasteiger partial charge in [0.2, 0.25) is 0 Å². The fourth-order valence-electron chi connectivity index (χ4n) is 1.55. The Balaban J connectivity index is 2.87. The van der Waals surface area contributed by atoms with Crippen LogP contribution in [0.3, 0.4) is 0 Å². The van der Waals surface area contributed by atoms with Gasteiger partial charge in [-0.15, -0.1) is 0 Å². The second kappa shape index (κ2) is 4.85. The minimum atomic E-state index is 1.06. The van der Waals surface area contributed by atoms with Gasteiger partial charge in [0, 0.05) is 18.8 Å². The molecule has 0 amide bonds. The molecule has 0 fully saturated rings. The van der Waals surface area contributed by atoms with Gasteiger partial charge in [-0.25, -0.2) is 0 Å². The normalized spacial score (nSPS) is 9.93. The predicted molar refractivity (Wildman–Crippen MR) is 64.7 cm³/mol. The Morgan fingerprint density at radius 3 is 2.00 bits per heavy atom. The van der Waals surface area contributed by atoms with Crippen LogP contribution in [0.25, 0.3) is 5.57 Å². The van der Waals surface area contributed by atoms with Crippen molar-refractivity contribution in [3.05, 3.63) is 36.4 Å². The molecule has 0 radical (unpaired) electrons. The summed E-state index contributed by atoms with van der Waals surface area (Å²) in [6, 6.07) is 8.60. The van der Waals surface area contributed by atoms with Crippen molar-refractivity contribution in [1.29, 1.82) is 0 Å². The summed E-state index contributed by atoms with van der Waals surface area (Å²) in [5, 5.41) is 0. The fraction of sp³-hybridized carbons (Fsp3) is 0.385. The summed E-state index contributed by atoms with van der Waals surface area (Å²) in [6.07, 6.45) is 0. The lowest BCUT2D eigenvalue weighted by Crippen LogP contribution is -2.21. The van der Waals surface area contributed by atoms with Gasteiger partial charge in [0.15, 0.2) is 0 Å². The maximum Gasteiger partial charge on any atom is 0.0366 e. The maximum absolute atomic E-state index is 3.93. The molecule has 1 aromatic rings. The number of nitrogens with zero attached hydrogens (tertiary/aromatic N) is 1. The number of rotatable bonds is 4. The van der Waals surface area contributed by atoms with Crippen molar-refractivity contribution in [3.63, 3.8) is 0 Å². The van der Waals surface area contributed by atoms with Crippen LogP contribution in [-0.4, -0.2) is 13.1 Å². The molecule has 0 saturated carbocycles. The van der Waals surface area contributed by atoms with Crippen LogP contribution in [0.4, 0.5) is 5.69 Å². The quantitative estimate of drug-likeness (QED) is 0.700.